The van der Waals surface area contributed by atoms with Crippen LogP contribution >= 0.6 is 0 Å². The average molecular weight is 261 g/mol. The number of anilines is 1. The molecule has 2 N–H and O–H groups in total. The number of fused-ring (bicyclic) bond motifs is 1. The number of hydrogen-bond acceptors (Lipinski definition) is 4. The molecule has 2 aromatic rings. The molecule has 1 aliphatic heterocycles. The number of aromatic hydroxyl groups is 1. The Morgan fingerprint density at radius 3 is 2.95 bits per heavy atom. The van der Waals surface area contributed by atoms with Gasteiger partial charge in [-0.05, 0) is 18.2 Å². The number of phenols is 1. The summed E-state index contributed by atoms with van der Waals surface area (Å²) in [7, 11) is 0. The summed E-state index contributed by atoms with van der Waals surface area (Å²) in [6.45, 7) is 0.705. The minimum absolute atomic E-state index is 0.222. The normalized spacial score (nSPS) is 12.5. The molecule has 0 fully saturated rings. The van der Waals surface area contributed by atoms with Crippen molar-refractivity contribution in [1.29, 1.82) is 0 Å². The summed E-state index contributed by atoms with van der Waals surface area (Å²) in [5.74, 6) is 0.427. The van der Waals surface area contributed by atoms with Crippen LogP contribution in [0.25, 0.3) is 0 Å². The number of para-hydroxylation sites is 1. The predicted octanol–water partition coefficient (Wildman–Crippen LogP) is 2.87. The molecular formula is C14H12FNO3. The van der Waals surface area contributed by atoms with E-state index in [1.54, 1.807) is 6.07 Å². The molecule has 98 valence electrons. The minimum Gasteiger partial charge on any atom is -0.505 e. The Morgan fingerprint density at radius 2 is 2.11 bits per heavy atom. The van der Waals surface area contributed by atoms with E-state index in [1.807, 2.05) is 18.2 Å². The molecule has 0 amide bonds. The van der Waals surface area contributed by atoms with E-state index >= 15 is 0 Å². The first-order chi connectivity index (χ1) is 9.24. The number of hydrogen-bond donors (Lipinski definition) is 2. The van der Waals surface area contributed by atoms with Crippen molar-refractivity contribution in [2.45, 2.75) is 6.54 Å². The third-order valence-corrected chi connectivity index (χ3v) is 2.91. The van der Waals surface area contributed by atoms with E-state index in [1.165, 1.54) is 12.1 Å². The highest BCUT2D eigenvalue weighted by molar-refractivity contribution is 5.52. The molecule has 0 spiro atoms. The maximum absolute atomic E-state index is 13.2. The van der Waals surface area contributed by atoms with Crippen LogP contribution in [0.4, 0.5) is 10.1 Å². The highest BCUT2D eigenvalue weighted by atomic mass is 19.1. The van der Waals surface area contributed by atoms with Gasteiger partial charge in [-0.2, -0.15) is 0 Å². The Kier molecular flexibility index (Phi) is 2.87. The Labute approximate surface area is 109 Å². The van der Waals surface area contributed by atoms with Gasteiger partial charge >= 0.3 is 0 Å². The molecule has 3 rings (SSSR count). The number of phenolic OH excluding ortho intramolecular Hbond substituents is 1. The van der Waals surface area contributed by atoms with Crippen molar-refractivity contribution in [3.8, 4) is 17.2 Å². The van der Waals surface area contributed by atoms with Gasteiger partial charge in [-0.25, -0.2) is 4.39 Å². The minimum atomic E-state index is -0.650. The molecule has 0 aromatic heterocycles. The first-order valence-electron chi connectivity index (χ1n) is 5.84. The molecule has 0 radical (unpaired) electrons. The van der Waals surface area contributed by atoms with Crippen molar-refractivity contribution in [3.05, 3.63) is 47.8 Å². The first-order valence-corrected chi connectivity index (χ1v) is 5.84. The summed E-state index contributed by atoms with van der Waals surface area (Å²) < 4.78 is 23.9. The number of ether oxygens (including phenoxy) is 2. The van der Waals surface area contributed by atoms with E-state index in [2.05, 4.69) is 5.32 Å². The SMILES string of the molecule is Oc1ccc(NCc2cccc3c2OCO3)cc1F. The summed E-state index contributed by atoms with van der Waals surface area (Å²) in [5.41, 5.74) is 1.52. The van der Waals surface area contributed by atoms with Crippen LogP contribution in [0.3, 0.4) is 0 Å². The van der Waals surface area contributed by atoms with Gasteiger partial charge in [-0.1, -0.05) is 12.1 Å². The van der Waals surface area contributed by atoms with E-state index < -0.39 is 5.82 Å². The first kappa shape index (κ1) is 11.6. The molecule has 0 bridgehead atoms. The van der Waals surface area contributed by atoms with Crippen LogP contribution < -0.4 is 14.8 Å². The Balaban J connectivity index is 1.76. The monoisotopic (exact) mass is 261 g/mol. The predicted molar refractivity (Wildman–Crippen MR) is 68.0 cm³/mol. The molecule has 0 unspecified atom stereocenters. The standard InChI is InChI=1S/C14H12FNO3/c15-11-6-10(4-5-12(11)17)16-7-9-2-1-3-13-14(9)19-8-18-13/h1-6,16-17H,7-8H2. The van der Waals surface area contributed by atoms with Crippen molar-refractivity contribution in [2.75, 3.05) is 12.1 Å². The lowest BCUT2D eigenvalue weighted by atomic mass is 10.2. The topological polar surface area (TPSA) is 50.7 Å². The van der Waals surface area contributed by atoms with Gasteiger partial charge in [0.2, 0.25) is 6.79 Å². The summed E-state index contributed by atoms with van der Waals surface area (Å²) >= 11 is 0. The van der Waals surface area contributed by atoms with Crippen LogP contribution in [0.15, 0.2) is 36.4 Å². The number of benzene rings is 2. The van der Waals surface area contributed by atoms with E-state index in [4.69, 9.17) is 14.6 Å². The van der Waals surface area contributed by atoms with Crippen LogP contribution in [0.2, 0.25) is 0 Å². The quantitative estimate of drug-likeness (QED) is 0.834. The molecular weight excluding hydrogens is 249 g/mol. The molecule has 2 aromatic carbocycles. The van der Waals surface area contributed by atoms with Crippen LogP contribution in [-0.4, -0.2) is 11.9 Å². The zero-order valence-electron chi connectivity index (χ0n) is 10.0. The maximum Gasteiger partial charge on any atom is 0.231 e. The van der Waals surface area contributed by atoms with Gasteiger partial charge < -0.3 is 19.9 Å². The van der Waals surface area contributed by atoms with Gasteiger partial charge in [-0.15, -0.1) is 0 Å². The van der Waals surface area contributed by atoms with Gasteiger partial charge in [0.15, 0.2) is 23.1 Å². The molecule has 4 nitrogen and oxygen atoms in total. The number of rotatable bonds is 3. The van der Waals surface area contributed by atoms with Gasteiger partial charge in [-0.3, -0.25) is 0 Å². The van der Waals surface area contributed by atoms with E-state index in [0.29, 0.717) is 18.0 Å². The molecule has 0 saturated carbocycles. The Bertz CT molecular complexity index is 616. The molecule has 5 heteroatoms. The molecule has 0 aliphatic carbocycles. The van der Waals surface area contributed by atoms with Crippen LogP contribution in [0.1, 0.15) is 5.56 Å². The van der Waals surface area contributed by atoms with Gasteiger partial charge in [0, 0.05) is 23.9 Å². The zero-order chi connectivity index (χ0) is 13.2. The van der Waals surface area contributed by atoms with Crippen molar-refractivity contribution in [3.63, 3.8) is 0 Å². The number of halogens is 1. The van der Waals surface area contributed by atoms with E-state index in [-0.39, 0.29) is 12.5 Å². The summed E-state index contributed by atoms with van der Waals surface area (Å²) in [6.07, 6.45) is 0. The number of nitrogens with one attached hydrogen (secondary N) is 1. The lowest BCUT2D eigenvalue weighted by Gasteiger charge is -2.09. The Morgan fingerprint density at radius 1 is 1.21 bits per heavy atom. The fraction of sp³-hybridized carbons (Fsp3) is 0.143. The molecule has 1 aliphatic rings. The Hall–Kier alpha value is -2.43. The van der Waals surface area contributed by atoms with Crippen molar-refractivity contribution in [1.82, 2.24) is 0 Å². The second-order valence-corrected chi connectivity index (χ2v) is 4.17. The van der Waals surface area contributed by atoms with Crippen molar-refractivity contribution < 1.29 is 19.0 Å². The molecule has 0 saturated heterocycles. The second-order valence-electron chi connectivity index (χ2n) is 4.17. The van der Waals surface area contributed by atoms with Crippen LogP contribution in [0.5, 0.6) is 17.2 Å². The highest BCUT2D eigenvalue weighted by Gasteiger charge is 2.16. The van der Waals surface area contributed by atoms with Gasteiger partial charge in [0.25, 0.3) is 0 Å². The van der Waals surface area contributed by atoms with Crippen LogP contribution in [0, 0.1) is 5.82 Å². The average Bonchev–Trinajstić information content (AvgIpc) is 2.89. The molecule has 19 heavy (non-hydrogen) atoms. The second kappa shape index (κ2) is 4.68. The fourth-order valence-corrected chi connectivity index (χ4v) is 1.94. The van der Waals surface area contributed by atoms with E-state index in [0.717, 1.165) is 11.3 Å². The fourth-order valence-electron chi connectivity index (χ4n) is 1.94. The zero-order valence-corrected chi connectivity index (χ0v) is 10.0. The lowest BCUT2D eigenvalue weighted by Crippen LogP contribution is -2.01. The summed E-state index contributed by atoms with van der Waals surface area (Å²) in [6, 6.07) is 9.80. The van der Waals surface area contributed by atoms with Crippen molar-refractivity contribution >= 4 is 5.69 Å². The summed E-state index contributed by atoms with van der Waals surface area (Å²) in [5, 5.41) is 12.2. The maximum atomic E-state index is 13.2. The van der Waals surface area contributed by atoms with Crippen LogP contribution in [-0.2, 0) is 6.54 Å². The molecule has 1 heterocycles. The highest BCUT2D eigenvalue weighted by Crippen LogP contribution is 2.35. The lowest BCUT2D eigenvalue weighted by molar-refractivity contribution is 0.173. The van der Waals surface area contributed by atoms with Crippen molar-refractivity contribution in [2.24, 2.45) is 0 Å². The largest absolute Gasteiger partial charge is 0.505 e. The smallest absolute Gasteiger partial charge is 0.231 e. The molecule has 0 atom stereocenters. The third-order valence-electron chi connectivity index (χ3n) is 2.91. The summed E-state index contributed by atoms with van der Waals surface area (Å²) in [4.78, 5) is 0. The van der Waals surface area contributed by atoms with Gasteiger partial charge in [0.05, 0.1) is 0 Å². The van der Waals surface area contributed by atoms with Gasteiger partial charge in [0.1, 0.15) is 0 Å². The third kappa shape index (κ3) is 2.27. The van der Waals surface area contributed by atoms with E-state index in [9.17, 15) is 4.39 Å².